The van der Waals surface area contributed by atoms with Crippen molar-refractivity contribution in [3.05, 3.63) is 24.3 Å². The van der Waals surface area contributed by atoms with Crippen LogP contribution < -0.4 is 16.0 Å². The fraction of sp³-hybridized carbons (Fsp3) is 0.529. The molecule has 2 aliphatic rings. The molecule has 26 heavy (non-hydrogen) atoms. The van der Waals surface area contributed by atoms with Crippen molar-refractivity contribution in [3.8, 4) is 0 Å². The minimum atomic E-state index is -2.85. The van der Waals surface area contributed by atoms with Gasteiger partial charge in [0.1, 0.15) is 0 Å². The van der Waals surface area contributed by atoms with Crippen molar-refractivity contribution in [2.75, 3.05) is 50.0 Å². The molecule has 2 heterocycles. The van der Waals surface area contributed by atoms with Crippen molar-refractivity contribution in [2.24, 2.45) is 0 Å². The number of hydrogen-bond donors (Lipinski definition) is 3. The van der Waals surface area contributed by atoms with Gasteiger partial charge in [-0.1, -0.05) is 0 Å². The maximum atomic E-state index is 13.1. The number of halogens is 2. The molecule has 0 aromatic heterocycles. The van der Waals surface area contributed by atoms with Crippen molar-refractivity contribution < 1.29 is 23.1 Å². The van der Waals surface area contributed by atoms with Gasteiger partial charge >= 0.3 is 0 Å². The summed E-state index contributed by atoms with van der Waals surface area (Å²) in [6.45, 7) is 2.52. The maximum Gasteiger partial charge on any atom is 0.262 e. The molecule has 3 rings (SSSR count). The predicted octanol–water partition coefficient (Wildman–Crippen LogP) is 0.893. The molecule has 2 saturated heterocycles. The number of hydrogen-bond acceptors (Lipinski definition) is 5. The van der Waals surface area contributed by atoms with E-state index in [-0.39, 0.29) is 5.91 Å². The minimum absolute atomic E-state index is 0.124. The molecule has 1 unspecified atom stereocenters. The van der Waals surface area contributed by atoms with E-state index in [0.717, 1.165) is 13.1 Å². The zero-order valence-corrected chi connectivity index (χ0v) is 14.3. The highest BCUT2D eigenvalue weighted by atomic mass is 19.3. The van der Waals surface area contributed by atoms with E-state index in [1.54, 1.807) is 24.3 Å². The number of ether oxygens (including phenoxy) is 1. The Morgan fingerprint density at radius 3 is 2.35 bits per heavy atom. The topological polar surface area (TPSA) is 82.7 Å². The lowest BCUT2D eigenvalue weighted by Gasteiger charge is -2.25. The molecule has 1 aromatic carbocycles. The number of anilines is 2. The molecular weight excluding hydrogens is 346 g/mol. The van der Waals surface area contributed by atoms with Crippen molar-refractivity contribution in [3.63, 3.8) is 0 Å². The van der Waals surface area contributed by atoms with Crippen molar-refractivity contribution in [2.45, 2.75) is 18.4 Å². The van der Waals surface area contributed by atoms with Crippen LogP contribution in [0.4, 0.5) is 20.2 Å². The van der Waals surface area contributed by atoms with Gasteiger partial charge < -0.3 is 15.4 Å². The molecule has 0 aliphatic carbocycles. The first-order chi connectivity index (χ1) is 12.4. The Morgan fingerprint density at radius 1 is 1.15 bits per heavy atom. The molecule has 2 fully saturated rings. The van der Waals surface area contributed by atoms with Crippen LogP contribution in [0.3, 0.4) is 0 Å². The molecule has 1 atom stereocenters. The third-order valence-corrected chi connectivity index (χ3v) is 4.33. The maximum absolute atomic E-state index is 13.1. The molecule has 0 spiro atoms. The first-order valence-electron chi connectivity index (χ1n) is 8.53. The van der Waals surface area contributed by atoms with Crippen LogP contribution in [-0.2, 0) is 14.3 Å². The summed E-state index contributed by atoms with van der Waals surface area (Å²) in [6, 6.07) is 5.65. The van der Waals surface area contributed by atoms with E-state index in [9.17, 15) is 18.4 Å². The molecule has 9 heteroatoms. The van der Waals surface area contributed by atoms with E-state index in [0.29, 0.717) is 31.1 Å². The van der Waals surface area contributed by atoms with Crippen LogP contribution in [0.15, 0.2) is 24.3 Å². The second-order valence-corrected chi connectivity index (χ2v) is 6.50. The summed E-state index contributed by atoms with van der Waals surface area (Å²) in [5.41, 5.74) is 1.09. The summed E-state index contributed by atoms with van der Waals surface area (Å²) in [5.74, 6) is -3.47. The molecule has 7 nitrogen and oxygen atoms in total. The first-order valence-corrected chi connectivity index (χ1v) is 8.53. The van der Waals surface area contributed by atoms with Crippen LogP contribution in [0.5, 0.6) is 0 Å². The van der Waals surface area contributed by atoms with Gasteiger partial charge in [-0.2, -0.15) is 0 Å². The summed E-state index contributed by atoms with van der Waals surface area (Å²) in [4.78, 5) is 26.0. The quantitative estimate of drug-likeness (QED) is 0.719. The van der Waals surface area contributed by atoms with Crippen LogP contribution in [0.2, 0.25) is 0 Å². The molecule has 2 amide bonds. The van der Waals surface area contributed by atoms with Crippen LogP contribution in [0.25, 0.3) is 0 Å². The van der Waals surface area contributed by atoms with Crippen LogP contribution in [-0.4, -0.2) is 68.1 Å². The lowest BCUT2D eigenvalue weighted by molar-refractivity contribution is -0.119. The van der Waals surface area contributed by atoms with Crippen molar-refractivity contribution >= 4 is 23.2 Å². The average molecular weight is 368 g/mol. The number of carbonyl (C=O) groups excluding carboxylic acids is 2. The van der Waals surface area contributed by atoms with Crippen molar-refractivity contribution in [1.29, 1.82) is 0 Å². The number of nitrogens with one attached hydrogen (secondary N) is 3. The Hall–Kier alpha value is -2.10. The van der Waals surface area contributed by atoms with Gasteiger partial charge in [-0.05, 0) is 24.3 Å². The molecule has 0 bridgehead atoms. The van der Waals surface area contributed by atoms with Gasteiger partial charge in [-0.3, -0.25) is 19.8 Å². The SMILES string of the molecule is O=C(CN1CCOCC1)Nc1ccc(NC(=O)C2CC(F)(F)CN2)cc1. The van der Waals surface area contributed by atoms with E-state index in [4.69, 9.17) is 4.74 Å². The van der Waals surface area contributed by atoms with E-state index >= 15 is 0 Å². The number of carbonyl (C=O) groups is 2. The van der Waals surface area contributed by atoms with Crippen molar-refractivity contribution in [1.82, 2.24) is 10.2 Å². The minimum Gasteiger partial charge on any atom is -0.379 e. The van der Waals surface area contributed by atoms with Gasteiger partial charge in [0.15, 0.2) is 0 Å². The highest BCUT2D eigenvalue weighted by molar-refractivity contribution is 5.96. The molecule has 2 aliphatic heterocycles. The molecule has 142 valence electrons. The van der Waals surface area contributed by atoms with Crippen LogP contribution in [0.1, 0.15) is 6.42 Å². The smallest absolute Gasteiger partial charge is 0.262 e. The van der Waals surface area contributed by atoms with E-state index in [1.165, 1.54) is 0 Å². The van der Waals surface area contributed by atoms with E-state index in [2.05, 4.69) is 16.0 Å². The van der Waals surface area contributed by atoms with Gasteiger partial charge in [-0.25, -0.2) is 8.78 Å². The molecule has 3 N–H and O–H groups in total. The zero-order chi connectivity index (χ0) is 18.6. The number of rotatable bonds is 5. The fourth-order valence-corrected chi connectivity index (χ4v) is 2.93. The highest BCUT2D eigenvalue weighted by Crippen LogP contribution is 2.25. The van der Waals surface area contributed by atoms with Gasteiger partial charge in [0.25, 0.3) is 5.92 Å². The predicted molar refractivity (Wildman–Crippen MR) is 92.3 cm³/mol. The van der Waals surface area contributed by atoms with E-state index in [1.807, 2.05) is 4.90 Å². The summed E-state index contributed by atoms with van der Waals surface area (Å²) >= 11 is 0. The number of nitrogens with zero attached hydrogens (tertiary/aromatic N) is 1. The average Bonchev–Trinajstić information content (AvgIpc) is 2.97. The number of morpholine rings is 1. The largest absolute Gasteiger partial charge is 0.379 e. The van der Waals surface area contributed by atoms with E-state index < -0.39 is 30.8 Å². The first kappa shape index (κ1) is 18.7. The summed E-state index contributed by atoms with van der Waals surface area (Å²) < 4.78 is 31.5. The highest BCUT2D eigenvalue weighted by Gasteiger charge is 2.42. The third kappa shape index (κ3) is 5.20. The zero-order valence-electron chi connectivity index (χ0n) is 14.3. The number of amides is 2. The standard InChI is InChI=1S/C17H22F2N4O3/c18-17(19)9-14(20-11-17)16(25)22-13-3-1-12(2-4-13)21-15(24)10-23-5-7-26-8-6-23/h1-4,14,20H,5-11H2,(H,21,24)(H,22,25). The lowest BCUT2D eigenvalue weighted by Crippen LogP contribution is -2.41. The second kappa shape index (κ2) is 8.07. The Kier molecular flexibility index (Phi) is 5.80. The van der Waals surface area contributed by atoms with Gasteiger partial charge in [0.2, 0.25) is 11.8 Å². The Bertz CT molecular complexity index is 648. The molecule has 1 aromatic rings. The van der Waals surface area contributed by atoms with Crippen LogP contribution in [0, 0.1) is 0 Å². The Morgan fingerprint density at radius 2 is 1.77 bits per heavy atom. The Labute approximate surface area is 150 Å². The summed E-state index contributed by atoms with van der Waals surface area (Å²) in [6.07, 6.45) is -0.505. The normalized spacial score (nSPS) is 22.8. The molecule has 0 saturated carbocycles. The number of alkyl halides is 2. The summed E-state index contributed by atoms with van der Waals surface area (Å²) in [7, 11) is 0. The van der Waals surface area contributed by atoms with Gasteiger partial charge in [-0.15, -0.1) is 0 Å². The monoisotopic (exact) mass is 368 g/mol. The third-order valence-electron chi connectivity index (χ3n) is 4.33. The fourth-order valence-electron chi connectivity index (χ4n) is 2.93. The summed E-state index contributed by atoms with van der Waals surface area (Å²) in [5, 5.41) is 7.90. The second-order valence-electron chi connectivity index (χ2n) is 6.50. The Balaban J connectivity index is 1.47. The van der Waals surface area contributed by atoms with Gasteiger partial charge in [0.05, 0.1) is 32.3 Å². The molecular formula is C17H22F2N4O3. The molecule has 0 radical (unpaired) electrons. The van der Waals surface area contributed by atoms with Gasteiger partial charge in [0, 0.05) is 30.9 Å². The number of benzene rings is 1. The lowest BCUT2D eigenvalue weighted by atomic mass is 10.2. The van der Waals surface area contributed by atoms with Crippen LogP contribution >= 0.6 is 0 Å².